The fourth-order valence-electron chi connectivity index (χ4n) is 3.75. The number of pyridine rings is 1. The quantitative estimate of drug-likeness (QED) is 0.249. The molecule has 0 saturated heterocycles. The first-order chi connectivity index (χ1) is 17.2. The first-order valence-electron chi connectivity index (χ1n) is 11.7. The van der Waals surface area contributed by atoms with Crippen molar-refractivity contribution in [1.29, 1.82) is 0 Å². The van der Waals surface area contributed by atoms with E-state index in [9.17, 15) is 9.59 Å². The number of nitrogens with one attached hydrogen (secondary N) is 2. The van der Waals surface area contributed by atoms with Crippen molar-refractivity contribution in [3.05, 3.63) is 107 Å². The Kier molecular flexibility index (Phi) is 7.31. The van der Waals surface area contributed by atoms with Crippen LogP contribution in [0.2, 0.25) is 0 Å². The van der Waals surface area contributed by atoms with Crippen molar-refractivity contribution in [2.24, 2.45) is 0 Å². The van der Waals surface area contributed by atoms with Gasteiger partial charge in [0.2, 0.25) is 0 Å². The number of carbonyl (C=O) groups excluding carboxylic acids is 2. The highest BCUT2D eigenvalue weighted by Crippen LogP contribution is 2.27. The van der Waals surface area contributed by atoms with E-state index in [0.717, 1.165) is 16.5 Å². The van der Waals surface area contributed by atoms with Crippen LogP contribution < -0.4 is 15.5 Å². The van der Waals surface area contributed by atoms with Crippen molar-refractivity contribution in [2.45, 2.75) is 39.3 Å². The van der Waals surface area contributed by atoms with E-state index in [4.69, 9.17) is 9.94 Å². The van der Waals surface area contributed by atoms with Gasteiger partial charge in [0, 0.05) is 23.6 Å². The number of aromatic nitrogens is 1. The minimum atomic E-state index is -0.594. The predicted molar refractivity (Wildman–Crippen MR) is 138 cm³/mol. The van der Waals surface area contributed by atoms with Crippen LogP contribution in [0.1, 0.15) is 58.3 Å². The Bertz CT molecular complexity index is 1370. The molecule has 0 aliphatic carbocycles. The number of carbonyl (C=O) groups is 2. The zero-order chi connectivity index (χ0) is 25.7. The smallest absolute Gasteiger partial charge is 0.274 e. The van der Waals surface area contributed by atoms with Crippen LogP contribution in [0, 0.1) is 0 Å². The summed E-state index contributed by atoms with van der Waals surface area (Å²) in [6.45, 7) is 7.16. The number of ether oxygens (including phenoxy) is 1. The summed E-state index contributed by atoms with van der Waals surface area (Å²) in [5, 5.41) is 12.4. The van der Waals surface area contributed by atoms with E-state index in [0.29, 0.717) is 23.4 Å². The van der Waals surface area contributed by atoms with Crippen molar-refractivity contribution in [1.82, 2.24) is 15.8 Å². The van der Waals surface area contributed by atoms with Gasteiger partial charge in [-0.3, -0.25) is 14.8 Å². The summed E-state index contributed by atoms with van der Waals surface area (Å²) in [7, 11) is 0. The summed E-state index contributed by atoms with van der Waals surface area (Å²) >= 11 is 0. The first-order valence-corrected chi connectivity index (χ1v) is 11.7. The minimum absolute atomic E-state index is 0.0824. The lowest BCUT2D eigenvalue weighted by Crippen LogP contribution is -2.24. The number of para-hydroxylation sites is 1. The molecule has 36 heavy (non-hydrogen) atoms. The molecule has 0 aliphatic heterocycles. The van der Waals surface area contributed by atoms with E-state index in [-0.39, 0.29) is 23.6 Å². The molecule has 4 rings (SSSR count). The molecule has 3 N–H and O–H groups in total. The molecule has 3 aromatic carbocycles. The fourth-order valence-corrected chi connectivity index (χ4v) is 3.75. The fraction of sp³-hybridized carbons (Fsp3) is 0.207. The molecule has 0 unspecified atom stereocenters. The number of benzene rings is 3. The van der Waals surface area contributed by atoms with E-state index in [1.807, 2.05) is 24.3 Å². The van der Waals surface area contributed by atoms with E-state index >= 15 is 0 Å². The van der Waals surface area contributed by atoms with Gasteiger partial charge in [0.1, 0.15) is 18.1 Å². The Hall–Kier alpha value is -4.23. The second-order valence-electron chi connectivity index (χ2n) is 9.58. The number of fused-ring (bicyclic) bond motifs is 1. The summed E-state index contributed by atoms with van der Waals surface area (Å²) in [5.74, 6) is -0.342. The Labute approximate surface area is 210 Å². The Morgan fingerprint density at radius 2 is 1.56 bits per heavy atom. The molecule has 0 radical (unpaired) electrons. The third-order valence-corrected chi connectivity index (χ3v) is 5.90. The Balaban J connectivity index is 1.49. The van der Waals surface area contributed by atoms with Crippen LogP contribution >= 0.6 is 0 Å². The summed E-state index contributed by atoms with van der Waals surface area (Å²) in [4.78, 5) is 28.9. The molecule has 0 atom stereocenters. The minimum Gasteiger partial charge on any atom is -0.488 e. The topological polar surface area (TPSA) is 101 Å². The zero-order valence-corrected chi connectivity index (χ0v) is 20.5. The SMILES string of the molecule is CC(C)(C)c1ccc(COc2cc(C(=O)NCc3ccc(C(=O)NO)cc3)nc3ccccc23)cc1. The van der Waals surface area contributed by atoms with Gasteiger partial charge in [0.15, 0.2) is 0 Å². The van der Waals surface area contributed by atoms with E-state index in [2.05, 4.69) is 55.3 Å². The molecule has 2 amide bonds. The maximum Gasteiger partial charge on any atom is 0.274 e. The highest BCUT2D eigenvalue weighted by molar-refractivity contribution is 5.97. The third-order valence-electron chi connectivity index (χ3n) is 5.90. The Morgan fingerprint density at radius 1 is 0.889 bits per heavy atom. The van der Waals surface area contributed by atoms with Crippen molar-refractivity contribution < 1.29 is 19.5 Å². The van der Waals surface area contributed by atoms with Gasteiger partial charge in [0.25, 0.3) is 11.8 Å². The molecule has 184 valence electrons. The molecule has 7 heteroatoms. The number of hydroxylamine groups is 1. The lowest BCUT2D eigenvalue weighted by Gasteiger charge is -2.19. The van der Waals surface area contributed by atoms with Crippen molar-refractivity contribution in [3.8, 4) is 5.75 Å². The normalized spacial score (nSPS) is 11.2. The van der Waals surface area contributed by atoms with Crippen LogP contribution in [0.3, 0.4) is 0 Å². The molecule has 0 spiro atoms. The molecule has 1 heterocycles. The highest BCUT2D eigenvalue weighted by Gasteiger charge is 2.15. The summed E-state index contributed by atoms with van der Waals surface area (Å²) in [6.07, 6.45) is 0. The molecule has 0 fully saturated rings. The van der Waals surface area contributed by atoms with Gasteiger partial charge in [-0.1, -0.05) is 69.3 Å². The Morgan fingerprint density at radius 3 is 2.22 bits per heavy atom. The van der Waals surface area contributed by atoms with Gasteiger partial charge >= 0.3 is 0 Å². The number of nitrogens with zero attached hydrogens (tertiary/aromatic N) is 1. The number of amides is 2. The molecule has 0 saturated carbocycles. The van der Waals surface area contributed by atoms with Gasteiger partial charge < -0.3 is 10.1 Å². The van der Waals surface area contributed by atoms with Crippen molar-refractivity contribution >= 4 is 22.7 Å². The molecule has 0 bridgehead atoms. The number of hydrogen-bond donors (Lipinski definition) is 3. The highest BCUT2D eigenvalue weighted by atomic mass is 16.5. The van der Waals surface area contributed by atoms with E-state index < -0.39 is 5.91 Å². The number of rotatable bonds is 7. The van der Waals surface area contributed by atoms with E-state index in [1.165, 1.54) is 5.56 Å². The second-order valence-corrected chi connectivity index (χ2v) is 9.58. The molecule has 0 aliphatic rings. The third kappa shape index (κ3) is 5.87. The van der Waals surface area contributed by atoms with Crippen LogP contribution in [0.15, 0.2) is 78.9 Å². The van der Waals surface area contributed by atoms with Crippen LogP contribution in [-0.4, -0.2) is 22.0 Å². The number of hydrogen-bond acceptors (Lipinski definition) is 5. The van der Waals surface area contributed by atoms with Gasteiger partial charge in [-0.15, -0.1) is 0 Å². The first kappa shape index (κ1) is 24.9. The van der Waals surface area contributed by atoms with E-state index in [1.54, 1.807) is 35.8 Å². The summed E-state index contributed by atoms with van der Waals surface area (Å²) in [5.41, 5.74) is 6.01. The largest absolute Gasteiger partial charge is 0.488 e. The molecular formula is C29H29N3O4. The lowest BCUT2D eigenvalue weighted by molar-refractivity contribution is 0.0706. The summed E-state index contributed by atoms with van der Waals surface area (Å²) < 4.78 is 6.15. The monoisotopic (exact) mass is 483 g/mol. The molecule has 4 aromatic rings. The van der Waals surface area contributed by atoms with Crippen LogP contribution in [0.25, 0.3) is 10.9 Å². The lowest BCUT2D eigenvalue weighted by atomic mass is 9.87. The van der Waals surface area contributed by atoms with Gasteiger partial charge in [-0.25, -0.2) is 10.5 Å². The van der Waals surface area contributed by atoms with Crippen molar-refractivity contribution in [3.63, 3.8) is 0 Å². The standard InChI is InChI=1S/C29H29N3O4/c1-29(2,3)22-14-10-20(11-15-22)18-36-26-16-25(31-24-7-5-4-6-23(24)26)28(34)30-17-19-8-12-21(13-9-19)27(33)32-35/h4-16,35H,17-18H2,1-3H3,(H,30,34)(H,32,33). The van der Waals surface area contributed by atoms with Crippen LogP contribution in [-0.2, 0) is 18.6 Å². The van der Waals surface area contributed by atoms with Gasteiger partial charge in [0.05, 0.1) is 5.52 Å². The van der Waals surface area contributed by atoms with Crippen molar-refractivity contribution in [2.75, 3.05) is 0 Å². The molecule has 1 aromatic heterocycles. The maximum absolute atomic E-state index is 12.9. The second kappa shape index (κ2) is 10.6. The molecule has 7 nitrogen and oxygen atoms in total. The maximum atomic E-state index is 12.9. The van der Waals surface area contributed by atoms with Gasteiger partial charge in [-0.2, -0.15) is 0 Å². The average Bonchev–Trinajstić information content (AvgIpc) is 2.89. The zero-order valence-electron chi connectivity index (χ0n) is 20.5. The predicted octanol–water partition coefficient (Wildman–Crippen LogP) is 5.16. The van der Waals surface area contributed by atoms with Crippen LogP contribution in [0.4, 0.5) is 0 Å². The van der Waals surface area contributed by atoms with Crippen LogP contribution in [0.5, 0.6) is 5.75 Å². The molecular weight excluding hydrogens is 454 g/mol. The average molecular weight is 484 g/mol. The van der Waals surface area contributed by atoms with Gasteiger partial charge in [-0.05, 0) is 46.4 Å². The summed E-state index contributed by atoms with van der Waals surface area (Å²) in [6, 6.07) is 24.1.